The van der Waals surface area contributed by atoms with Crippen molar-refractivity contribution in [3.63, 3.8) is 0 Å². The van der Waals surface area contributed by atoms with E-state index in [1.54, 1.807) is 18.6 Å². The number of pyridine rings is 1. The van der Waals surface area contributed by atoms with Crippen molar-refractivity contribution in [1.82, 2.24) is 15.0 Å². The van der Waals surface area contributed by atoms with E-state index >= 15 is 0 Å². The summed E-state index contributed by atoms with van der Waals surface area (Å²) < 4.78 is 0. The molecule has 1 unspecified atom stereocenters. The molecule has 2 heterocycles. The lowest BCUT2D eigenvalue weighted by molar-refractivity contribution is 0.818. The van der Waals surface area contributed by atoms with Crippen molar-refractivity contribution in [1.29, 1.82) is 0 Å². The molecule has 5 nitrogen and oxygen atoms in total. The summed E-state index contributed by atoms with van der Waals surface area (Å²) in [5, 5.41) is 3.20. The van der Waals surface area contributed by atoms with Gasteiger partial charge in [-0.2, -0.15) is 0 Å². The average molecular weight is 291 g/mol. The van der Waals surface area contributed by atoms with Crippen molar-refractivity contribution in [3.8, 4) is 11.3 Å². The Morgan fingerprint density at radius 2 is 1.86 bits per heavy atom. The Balaban J connectivity index is 1.81. The first kappa shape index (κ1) is 14.2. The molecule has 3 aromatic rings. The molecule has 0 spiro atoms. The van der Waals surface area contributed by atoms with Gasteiger partial charge in [-0.25, -0.2) is 9.97 Å². The highest BCUT2D eigenvalue weighted by Crippen LogP contribution is 2.19. The fourth-order valence-electron chi connectivity index (χ4n) is 2.09. The quantitative estimate of drug-likeness (QED) is 0.771. The maximum absolute atomic E-state index is 5.85. The van der Waals surface area contributed by atoms with E-state index in [0.29, 0.717) is 5.95 Å². The Morgan fingerprint density at radius 3 is 2.55 bits per heavy atom. The lowest BCUT2D eigenvalue weighted by Crippen LogP contribution is -2.04. The predicted octanol–water partition coefficient (Wildman–Crippen LogP) is 3.30. The molecule has 5 heteroatoms. The number of nitrogens with two attached hydrogens (primary N) is 1. The van der Waals surface area contributed by atoms with E-state index in [1.807, 2.05) is 49.4 Å². The smallest absolute Gasteiger partial charge is 0.227 e. The number of anilines is 2. The van der Waals surface area contributed by atoms with Gasteiger partial charge in [0.15, 0.2) is 0 Å². The van der Waals surface area contributed by atoms with E-state index in [9.17, 15) is 0 Å². The molecule has 3 rings (SSSR count). The summed E-state index contributed by atoms with van der Waals surface area (Å²) in [4.78, 5) is 12.9. The normalized spacial score (nSPS) is 11.9. The van der Waals surface area contributed by atoms with Gasteiger partial charge in [0.1, 0.15) is 0 Å². The van der Waals surface area contributed by atoms with Crippen molar-refractivity contribution in [2.75, 3.05) is 5.32 Å². The van der Waals surface area contributed by atoms with Gasteiger partial charge in [0.05, 0.1) is 5.69 Å². The SMILES string of the molecule is CC(N)c1ccc(Nc2nccc(-c3cccnc3)n2)cc1. The molecule has 0 amide bonds. The van der Waals surface area contributed by atoms with Crippen molar-refractivity contribution in [2.24, 2.45) is 5.73 Å². The van der Waals surface area contributed by atoms with Crippen LogP contribution in [-0.4, -0.2) is 15.0 Å². The number of benzene rings is 1. The summed E-state index contributed by atoms with van der Waals surface area (Å²) >= 11 is 0. The minimum absolute atomic E-state index is 0.0270. The summed E-state index contributed by atoms with van der Waals surface area (Å²) in [5.41, 5.74) is 9.66. The largest absolute Gasteiger partial charge is 0.324 e. The standard InChI is InChI=1S/C17H17N5/c1-12(18)13-4-6-15(7-5-13)21-17-20-10-8-16(22-17)14-3-2-9-19-11-14/h2-12H,18H2,1H3,(H,20,21,22). The zero-order valence-corrected chi connectivity index (χ0v) is 12.3. The predicted molar refractivity (Wildman–Crippen MR) is 87.6 cm³/mol. The molecule has 0 aliphatic carbocycles. The van der Waals surface area contributed by atoms with Crippen LogP contribution in [0.4, 0.5) is 11.6 Å². The number of nitrogens with one attached hydrogen (secondary N) is 1. The van der Waals surface area contributed by atoms with E-state index in [1.165, 1.54) is 0 Å². The van der Waals surface area contributed by atoms with Gasteiger partial charge < -0.3 is 11.1 Å². The lowest BCUT2D eigenvalue weighted by Gasteiger charge is -2.09. The lowest BCUT2D eigenvalue weighted by atomic mass is 10.1. The molecule has 0 radical (unpaired) electrons. The first-order chi connectivity index (χ1) is 10.7. The Bertz CT molecular complexity index is 739. The topological polar surface area (TPSA) is 76.7 Å². The van der Waals surface area contributed by atoms with Gasteiger partial charge in [0.2, 0.25) is 5.95 Å². The molecule has 1 atom stereocenters. The van der Waals surface area contributed by atoms with Crippen LogP contribution >= 0.6 is 0 Å². The van der Waals surface area contributed by atoms with Crippen LogP contribution in [0.5, 0.6) is 0 Å². The van der Waals surface area contributed by atoms with Crippen LogP contribution in [0, 0.1) is 0 Å². The molecule has 0 fully saturated rings. The summed E-state index contributed by atoms with van der Waals surface area (Å²) in [5.74, 6) is 0.551. The van der Waals surface area contributed by atoms with Gasteiger partial charge in [-0.05, 0) is 42.8 Å². The van der Waals surface area contributed by atoms with E-state index in [4.69, 9.17) is 5.73 Å². The molecule has 0 aliphatic heterocycles. The number of hydrogen-bond donors (Lipinski definition) is 2. The third-order valence-corrected chi connectivity index (χ3v) is 3.31. The zero-order chi connectivity index (χ0) is 15.4. The first-order valence-corrected chi connectivity index (χ1v) is 7.08. The second kappa shape index (κ2) is 6.32. The molecule has 0 saturated carbocycles. The number of rotatable bonds is 4. The Morgan fingerprint density at radius 1 is 1.05 bits per heavy atom. The first-order valence-electron chi connectivity index (χ1n) is 7.08. The maximum Gasteiger partial charge on any atom is 0.227 e. The van der Waals surface area contributed by atoms with Crippen LogP contribution < -0.4 is 11.1 Å². The second-order valence-electron chi connectivity index (χ2n) is 5.04. The van der Waals surface area contributed by atoms with E-state index < -0.39 is 0 Å². The van der Waals surface area contributed by atoms with Crippen LogP contribution in [0.15, 0.2) is 61.1 Å². The van der Waals surface area contributed by atoms with Gasteiger partial charge in [-0.1, -0.05) is 12.1 Å². The van der Waals surface area contributed by atoms with Gasteiger partial charge in [0.25, 0.3) is 0 Å². The molecular formula is C17H17N5. The van der Waals surface area contributed by atoms with Crippen LogP contribution in [0.25, 0.3) is 11.3 Å². The molecule has 2 aromatic heterocycles. The van der Waals surface area contributed by atoms with Gasteiger partial charge in [-0.3, -0.25) is 4.98 Å². The van der Waals surface area contributed by atoms with E-state index in [0.717, 1.165) is 22.5 Å². The Kier molecular flexibility index (Phi) is 4.07. The maximum atomic E-state index is 5.85. The molecule has 110 valence electrons. The Labute approximate surface area is 129 Å². The zero-order valence-electron chi connectivity index (χ0n) is 12.3. The Hall–Kier alpha value is -2.79. The minimum atomic E-state index is 0.0270. The number of nitrogens with zero attached hydrogens (tertiary/aromatic N) is 3. The van der Waals surface area contributed by atoms with Gasteiger partial charge in [-0.15, -0.1) is 0 Å². The van der Waals surface area contributed by atoms with Crippen molar-refractivity contribution in [2.45, 2.75) is 13.0 Å². The average Bonchev–Trinajstić information content (AvgIpc) is 2.56. The fourth-order valence-corrected chi connectivity index (χ4v) is 2.09. The molecule has 0 bridgehead atoms. The van der Waals surface area contributed by atoms with Crippen LogP contribution in [0.1, 0.15) is 18.5 Å². The molecule has 22 heavy (non-hydrogen) atoms. The monoisotopic (exact) mass is 291 g/mol. The highest BCUT2D eigenvalue weighted by Gasteiger charge is 2.04. The molecule has 0 aliphatic rings. The molecule has 3 N–H and O–H groups in total. The molecular weight excluding hydrogens is 274 g/mol. The second-order valence-corrected chi connectivity index (χ2v) is 5.04. The third-order valence-electron chi connectivity index (χ3n) is 3.31. The van der Waals surface area contributed by atoms with Crippen LogP contribution in [-0.2, 0) is 0 Å². The van der Waals surface area contributed by atoms with E-state index in [2.05, 4.69) is 20.3 Å². The highest BCUT2D eigenvalue weighted by molar-refractivity contribution is 5.61. The summed E-state index contributed by atoms with van der Waals surface area (Å²) in [6, 6.07) is 13.7. The van der Waals surface area contributed by atoms with Gasteiger partial charge in [0, 0.05) is 35.9 Å². The van der Waals surface area contributed by atoms with E-state index in [-0.39, 0.29) is 6.04 Å². The minimum Gasteiger partial charge on any atom is -0.324 e. The highest BCUT2D eigenvalue weighted by atomic mass is 15.1. The number of hydrogen-bond acceptors (Lipinski definition) is 5. The third kappa shape index (κ3) is 3.27. The fraction of sp³-hybridized carbons (Fsp3) is 0.118. The van der Waals surface area contributed by atoms with Gasteiger partial charge >= 0.3 is 0 Å². The molecule has 1 aromatic carbocycles. The van der Waals surface area contributed by atoms with Crippen LogP contribution in [0.2, 0.25) is 0 Å². The van der Waals surface area contributed by atoms with Crippen LogP contribution in [0.3, 0.4) is 0 Å². The van der Waals surface area contributed by atoms with Crippen molar-refractivity contribution < 1.29 is 0 Å². The summed E-state index contributed by atoms with van der Waals surface area (Å²) in [6.45, 7) is 1.96. The van der Waals surface area contributed by atoms with Crippen molar-refractivity contribution >= 4 is 11.6 Å². The summed E-state index contributed by atoms with van der Waals surface area (Å²) in [6.07, 6.45) is 5.25. The summed E-state index contributed by atoms with van der Waals surface area (Å²) in [7, 11) is 0. The molecule has 0 saturated heterocycles. The van der Waals surface area contributed by atoms with Crippen molar-refractivity contribution in [3.05, 3.63) is 66.6 Å². The number of aromatic nitrogens is 3.